The van der Waals surface area contributed by atoms with Gasteiger partial charge in [-0.2, -0.15) is 0 Å². The van der Waals surface area contributed by atoms with Crippen LogP contribution in [0.15, 0.2) is 24.3 Å². The molecule has 0 radical (unpaired) electrons. The number of anilines is 1. The molecular formula is C17H23N3O3. The van der Waals surface area contributed by atoms with E-state index in [1.165, 1.54) is 0 Å². The van der Waals surface area contributed by atoms with Crippen LogP contribution < -0.4 is 11.1 Å². The van der Waals surface area contributed by atoms with Gasteiger partial charge in [0.15, 0.2) is 0 Å². The van der Waals surface area contributed by atoms with Crippen LogP contribution in [0.1, 0.15) is 29.6 Å². The van der Waals surface area contributed by atoms with Crippen LogP contribution in [0.5, 0.6) is 0 Å². The zero-order valence-electron chi connectivity index (χ0n) is 13.2. The van der Waals surface area contributed by atoms with Crippen LogP contribution in [0.3, 0.4) is 0 Å². The minimum absolute atomic E-state index is 0.0415. The summed E-state index contributed by atoms with van der Waals surface area (Å²) in [6.07, 6.45) is 2.41. The fourth-order valence-corrected chi connectivity index (χ4v) is 3.20. The Morgan fingerprint density at radius 3 is 2.61 bits per heavy atom. The van der Waals surface area contributed by atoms with Gasteiger partial charge >= 0.3 is 0 Å². The SMILES string of the molecule is NC1CCC(C(=O)Nc2ccccc2C(=O)N2CCOCC2)C1. The van der Waals surface area contributed by atoms with Gasteiger partial charge in [-0.05, 0) is 31.4 Å². The Morgan fingerprint density at radius 1 is 1.17 bits per heavy atom. The standard InChI is InChI=1S/C17H23N3O3/c18-13-6-5-12(11-13)16(21)19-15-4-2-1-3-14(15)17(22)20-7-9-23-10-8-20/h1-4,12-13H,5-11,18H2,(H,19,21). The molecule has 3 N–H and O–H groups in total. The fraction of sp³-hybridized carbons (Fsp3) is 0.529. The molecule has 2 unspecified atom stereocenters. The van der Waals surface area contributed by atoms with Crippen molar-refractivity contribution in [2.24, 2.45) is 11.7 Å². The molecule has 2 aliphatic rings. The van der Waals surface area contributed by atoms with Crippen LogP contribution in [0.25, 0.3) is 0 Å². The Bertz CT molecular complexity index is 584. The van der Waals surface area contributed by atoms with Crippen LogP contribution in [0.2, 0.25) is 0 Å². The first-order chi connectivity index (χ1) is 11.1. The number of ether oxygens (including phenoxy) is 1. The first kappa shape index (κ1) is 16.0. The molecule has 1 aromatic rings. The molecular weight excluding hydrogens is 294 g/mol. The van der Waals surface area contributed by atoms with Crippen molar-refractivity contribution in [1.82, 2.24) is 4.90 Å². The number of para-hydroxylation sites is 1. The lowest BCUT2D eigenvalue weighted by Crippen LogP contribution is -2.41. The summed E-state index contributed by atoms with van der Waals surface area (Å²) >= 11 is 0. The van der Waals surface area contributed by atoms with Gasteiger partial charge < -0.3 is 20.7 Å². The second kappa shape index (κ2) is 7.10. The monoisotopic (exact) mass is 317 g/mol. The number of rotatable bonds is 3. The number of amides is 2. The van der Waals surface area contributed by atoms with Crippen molar-refractivity contribution in [1.29, 1.82) is 0 Å². The van der Waals surface area contributed by atoms with E-state index in [0.717, 1.165) is 12.8 Å². The van der Waals surface area contributed by atoms with Gasteiger partial charge in [-0.25, -0.2) is 0 Å². The second-order valence-corrected chi connectivity index (χ2v) is 6.21. The highest BCUT2D eigenvalue weighted by Crippen LogP contribution is 2.26. The topological polar surface area (TPSA) is 84.7 Å². The minimum Gasteiger partial charge on any atom is -0.378 e. The maximum atomic E-state index is 12.7. The number of benzene rings is 1. The van der Waals surface area contributed by atoms with Crippen molar-refractivity contribution < 1.29 is 14.3 Å². The zero-order chi connectivity index (χ0) is 16.2. The van der Waals surface area contributed by atoms with E-state index in [1.54, 1.807) is 17.0 Å². The maximum absolute atomic E-state index is 12.7. The molecule has 3 rings (SSSR count). The highest BCUT2D eigenvalue weighted by Gasteiger charge is 2.29. The van der Waals surface area contributed by atoms with Crippen LogP contribution in [-0.2, 0) is 9.53 Å². The average Bonchev–Trinajstić information content (AvgIpc) is 3.02. The highest BCUT2D eigenvalue weighted by molar-refractivity contribution is 6.04. The quantitative estimate of drug-likeness (QED) is 0.878. The van der Waals surface area contributed by atoms with Gasteiger partial charge in [-0.3, -0.25) is 9.59 Å². The van der Waals surface area contributed by atoms with Gasteiger partial charge in [0.25, 0.3) is 5.91 Å². The molecule has 2 amide bonds. The normalized spacial score (nSPS) is 24.5. The predicted molar refractivity (Wildman–Crippen MR) is 87.1 cm³/mol. The summed E-state index contributed by atoms with van der Waals surface area (Å²) in [5.41, 5.74) is 6.99. The lowest BCUT2D eigenvalue weighted by Gasteiger charge is -2.27. The van der Waals surface area contributed by atoms with Crippen LogP contribution >= 0.6 is 0 Å². The Morgan fingerprint density at radius 2 is 1.91 bits per heavy atom. The van der Waals surface area contributed by atoms with Gasteiger partial charge in [0, 0.05) is 25.0 Å². The third-order valence-electron chi connectivity index (χ3n) is 4.56. The largest absolute Gasteiger partial charge is 0.378 e. The van der Waals surface area contributed by atoms with Crippen LogP contribution in [0, 0.1) is 5.92 Å². The van der Waals surface area contributed by atoms with E-state index in [9.17, 15) is 9.59 Å². The van der Waals surface area contributed by atoms with Crippen molar-refractivity contribution in [3.05, 3.63) is 29.8 Å². The lowest BCUT2D eigenvalue weighted by molar-refractivity contribution is -0.119. The molecule has 1 saturated heterocycles. The van der Waals surface area contributed by atoms with E-state index in [-0.39, 0.29) is 23.8 Å². The van der Waals surface area contributed by atoms with Crippen LogP contribution in [0.4, 0.5) is 5.69 Å². The van der Waals surface area contributed by atoms with Crippen LogP contribution in [-0.4, -0.2) is 49.1 Å². The maximum Gasteiger partial charge on any atom is 0.256 e. The van der Waals surface area contributed by atoms with Crippen molar-refractivity contribution in [2.75, 3.05) is 31.6 Å². The molecule has 0 aromatic heterocycles. The summed E-state index contributed by atoms with van der Waals surface area (Å²) in [4.78, 5) is 26.8. The molecule has 23 heavy (non-hydrogen) atoms. The van der Waals surface area contributed by atoms with Gasteiger partial charge in [-0.15, -0.1) is 0 Å². The first-order valence-electron chi connectivity index (χ1n) is 8.17. The first-order valence-corrected chi connectivity index (χ1v) is 8.17. The summed E-state index contributed by atoms with van der Waals surface area (Å²) in [5.74, 6) is -0.163. The van der Waals surface area contributed by atoms with E-state index in [2.05, 4.69) is 5.32 Å². The smallest absolute Gasteiger partial charge is 0.256 e. The summed E-state index contributed by atoms with van der Waals surface area (Å²) in [6.45, 7) is 2.28. The van der Waals surface area contributed by atoms with E-state index >= 15 is 0 Å². The summed E-state index contributed by atoms with van der Waals surface area (Å²) < 4.78 is 5.28. The third kappa shape index (κ3) is 3.71. The minimum atomic E-state index is -0.0627. The molecule has 2 fully saturated rings. The van der Waals surface area contributed by atoms with Crippen molar-refractivity contribution in [3.8, 4) is 0 Å². The Hall–Kier alpha value is -1.92. The van der Waals surface area contributed by atoms with Crippen molar-refractivity contribution in [2.45, 2.75) is 25.3 Å². The number of carbonyl (C=O) groups excluding carboxylic acids is 2. The van der Waals surface area contributed by atoms with Gasteiger partial charge in [0.1, 0.15) is 0 Å². The Balaban J connectivity index is 1.72. The third-order valence-corrected chi connectivity index (χ3v) is 4.56. The summed E-state index contributed by atoms with van der Waals surface area (Å²) in [5, 5.41) is 2.92. The molecule has 1 aliphatic carbocycles. The number of nitrogens with zero attached hydrogens (tertiary/aromatic N) is 1. The average molecular weight is 317 g/mol. The second-order valence-electron chi connectivity index (χ2n) is 6.21. The molecule has 1 aromatic carbocycles. The number of hydrogen-bond donors (Lipinski definition) is 2. The Labute approximate surface area is 136 Å². The summed E-state index contributed by atoms with van der Waals surface area (Å²) in [6, 6.07) is 7.28. The molecule has 1 heterocycles. The Kier molecular flexibility index (Phi) is 4.93. The fourth-order valence-electron chi connectivity index (χ4n) is 3.20. The molecule has 124 valence electrons. The van der Waals surface area contributed by atoms with Gasteiger partial charge in [0.05, 0.1) is 24.5 Å². The highest BCUT2D eigenvalue weighted by atomic mass is 16.5. The predicted octanol–water partition coefficient (Wildman–Crippen LogP) is 1.22. The number of hydrogen-bond acceptors (Lipinski definition) is 4. The zero-order valence-corrected chi connectivity index (χ0v) is 13.2. The van der Waals surface area contributed by atoms with Crippen molar-refractivity contribution >= 4 is 17.5 Å². The van der Waals surface area contributed by atoms with Gasteiger partial charge in [-0.1, -0.05) is 12.1 Å². The van der Waals surface area contributed by atoms with E-state index < -0.39 is 0 Å². The van der Waals surface area contributed by atoms with E-state index in [1.807, 2.05) is 12.1 Å². The molecule has 0 spiro atoms. The molecule has 2 atom stereocenters. The molecule has 1 aliphatic heterocycles. The summed E-state index contributed by atoms with van der Waals surface area (Å²) in [7, 11) is 0. The molecule has 1 saturated carbocycles. The molecule has 0 bridgehead atoms. The van der Waals surface area contributed by atoms with E-state index in [4.69, 9.17) is 10.5 Å². The number of morpholine rings is 1. The van der Waals surface area contributed by atoms with Crippen molar-refractivity contribution in [3.63, 3.8) is 0 Å². The number of carbonyl (C=O) groups is 2. The molecule has 6 nitrogen and oxygen atoms in total. The van der Waals surface area contributed by atoms with Gasteiger partial charge in [0.2, 0.25) is 5.91 Å². The number of nitrogens with one attached hydrogen (secondary N) is 1. The lowest BCUT2D eigenvalue weighted by atomic mass is 10.1. The number of nitrogens with two attached hydrogens (primary N) is 1. The molecule has 6 heteroatoms. The van der Waals surface area contributed by atoms with E-state index in [0.29, 0.717) is 44.0 Å².